The number of carbonyl (C=O) groups excluding carboxylic acids is 2. The number of hydrogen-bond acceptors (Lipinski definition) is 4. The molecule has 154 valence electrons. The molecular weight excluding hydrogens is 378 g/mol. The van der Waals surface area contributed by atoms with Crippen molar-refractivity contribution in [1.82, 2.24) is 15.1 Å². The summed E-state index contributed by atoms with van der Waals surface area (Å²) in [6.45, 7) is 3.65. The van der Waals surface area contributed by atoms with Gasteiger partial charge in [-0.15, -0.1) is 0 Å². The molecule has 0 bridgehead atoms. The summed E-state index contributed by atoms with van der Waals surface area (Å²) < 4.78 is 25.8. The highest BCUT2D eigenvalue weighted by Gasteiger charge is 2.20. The second-order valence-corrected chi connectivity index (χ2v) is 7.01. The van der Waals surface area contributed by atoms with E-state index in [1.807, 2.05) is 9.80 Å². The van der Waals surface area contributed by atoms with Crippen LogP contribution >= 0.6 is 0 Å². The quantitative estimate of drug-likeness (QED) is 0.742. The smallest absolute Gasteiger partial charge is 0.238 e. The first kappa shape index (κ1) is 20.9. The van der Waals surface area contributed by atoms with Crippen LogP contribution in [0.3, 0.4) is 0 Å². The van der Waals surface area contributed by atoms with Gasteiger partial charge >= 0.3 is 0 Å². The van der Waals surface area contributed by atoms with Gasteiger partial charge in [0.1, 0.15) is 11.6 Å². The third-order valence-corrected chi connectivity index (χ3v) is 4.73. The van der Waals surface area contributed by atoms with E-state index in [-0.39, 0.29) is 36.5 Å². The maximum absolute atomic E-state index is 12.9. The minimum atomic E-state index is -0.346. The Labute approximate surface area is 168 Å². The van der Waals surface area contributed by atoms with Crippen molar-refractivity contribution in [1.29, 1.82) is 0 Å². The predicted molar refractivity (Wildman–Crippen MR) is 106 cm³/mol. The van der Waals surface area contributed by atoms with Crippen LogP contribution in [0.15, 0.2) is 48.5 Å². The lowest BCUT2D eigenvalue weighted by Gasteiger charge is -2.33. The monoisotopic (exact) mass is 402 g/mol. The molecule has 2 N–H and O–H groups in total. The molecule has 1 aliphatic heterocycles. The Bertz CT molecular complexity index is 820. The minimum absolute atomic E-state index is 0.0863. The van der Waals surface area contributed by atoms with Gasteiger partial charge in [0.25, 0.3) is 0 Å². The number of amides is 2. The Hall–Kier alpha value is -2.84. The molecule has 0 spiro atoms. The fourth-order valence-corrected chi connectivity index (χ4v) is 3.10. The lowest BCUT2D eigenvalue weighted by molar-refractivity contribution is -0.123. The molecule has 0 atom stereocenters. The third-order valence-electron chi connectivity index (χ3n) is 4.73. The summed E-state index contributed by atoms with van der Waals surface area (Å²) in [4.78, 5) is 28.3. The van der Waals surface area contributed by atoms with Crippen LogP contribution in [-0.2, 0) is 16.1 Å². The number of hydrogen-bond donors (Lipinski definition) is 2. The molecular formula is C21H24F2N4O2. The zero-order valence-corrected chi connectivity index (χ0v) is 16.0. The van der Waals surface area contributed by atoms with Crippen molar-refractivity contribution in [3.8, 4) is 0 Å². The number of carbonyl (C=O) groups is 2. The molecule has 0 saturated carbocycles. The number of nitrogens with one attached hydrogen (secondary N) is 2. The van der Waals surface area contributed by atoms with E-state index in [9.17, 15) is 18.4 Å². The molecule has 1 saturated heterocycles. The highest BCUT2D eigenvalue weighted by atomic mass is 19.1. The lowest BCUT2D eigenvalue weighted by Crippen LogP contribution is -2.50. The SMILES string of the molecule is O=C(CN1CCN(CC(=O)Nc2ccc(F)cc2)CC1)NCc1ccc(F)cc1. The Kier molecular flexibility index (Phi) is 7.26. The summed E-state index contributed by atoms with van der Waals surface area (Å²) in [7, 11) is 0. The van der Waals surface area contributed by atoms with Gasteiger partial charge < -0.3 is 10.6 Å². The van der Waals surface area contributed by atoms with Gasteiger partial charge in [0, 0.05) is 38.4 Å². The second kappa shape index (κ2) is 10.1. The first-order valence-corrected chi connectivity index (χ1v) is 9.49. The summed E-state index contributed by atoms with van der Waals surface area (Å²) in [6, 6.07) is 11.7. The molecule has 0 aromatic heterocycles. The van der Waals surface area contributed by atoms with Crippen LogP contribution in [-0.4, -0.2) is 60.9 Å². The Morgan fingerprint density at radius 2 is 1.24 bits per heavy atom. The highest BCUT2D eigenvalue weighted by Crippen LogP contribution is 2.09. The average Bonchev–Trinajstić information content (AvgIpc) is 2.71. The highest BCUT2D eigenvalue weighted by molar-refractivity contribution is 5.92. The molecule has 0 unspecified atom stereocenters. The third kappa shape index (κ3) is 6.92. The van der Waals surface area contributed by atoms with Gasteiger partial charge in [0.15, 0.2) is 0 Å². The zero-order valence-electron chi connectivity index (χ0n) is 16.0. The first-order valence-electron chi connectivity index (χ1n) is 9.49. The van der Waals surface area contributed by atoms with E-state index in [0.29, 0.717) is 38.4 Å². The summed E-state index contributed by atoms with van der Waals surface area (Å²) in [5.41, 5.74) is 1.41. The number of piperazine rings is 1. The van der Waals surface area contributed by atoms with Crippen LogP contribution in [0.1, 0.15) is 5.56 Å². The van der Waals surface area contributed by atoms with Crippen LogP contribution in [0.4, 0.5) is 14.5 Å². The summed E-state index contributed by atoms with van der Waals surface area (Å²) in [6.07, 6.45) is 0. The normalized spacial score (nSPS) is 15.1. The maximum Gasteiger partial charge on any atom is 0.238 e. The van der Waals surface area contributed by atoms with Gasteiger partial charge in [-0.2, -0.15) is 0 Å². The van der Waals surface area contributed by atoms with Crippen LogP contribution in [0.2, 0.25) is 0 Å². The molecule has 2 amide bonds. The largest absolute Gasteiger partial charge is 0.351 e. The summed E-state index contributed by atoms with van der Waals surface area (Å²) in [5.74, 6) is -0.885. The topological polar surface area (TPSA) is 64.7 Å². The van der Waals surface area contributed by atoms with E-state index in [1.165, 1.54) is 36.4 Å². The number of nitrogens with zero attached hydrogens (tertiary/aromatic N) is 2. The zero-order chi connectivity index (χ0) is 20.6. The van der Waals surface area contributed by atoms with Crippen molar-refractivity contribution in [3.05, 3.63) is 65.7 Å². The van der Waals surface area contributed by atoms with Gasteiger partial charge in [-0.25, -0.2) is 8.78 Å². The van der Waals surface area contributed by atoms with Gasteiger partial charge in [0.2, 0.25) is 11.8 Å². The summed E-state index contributed by atoms with van der Waals surface area (Å²) >= 11 is 0. The van der Waals surface area contributed by atoms with Crippen molar-refractivity contribution < 1.29 is 18.4 Å². The Morgan fingerprint density at radius 3 is 1.79 bits per heavy atom. The van der Waals surface area contributed by atoms with Crippen LogP contribution < -0.4 is 10.6 Å². The van der Waals surface area contributed by atoms with E-state index in [4.69, 9.17) is 0 Å². The minimum Gasteiger partial charge on any atom is -0.351 e. The Morgan fingerprint density at radius 1 is 0.759 bits per heavy atom. The average molecular weight is 402 g/mol. The van der Waals surface area contributed by atoms with Crippen molar-refractivity contribution in [2.45, 2.75) is 6.54 Å². The van der Waals surface area contributed by atoms with E-state index in [0.717, 1.165) is 5.56 Å². The van der Waals surface area contributed by atoms with Crippen LogP contribution in [0.5, 0.6) is 0 Å². The molecule has 2 aromatic carbocycles. The predicted octanol–water partition coefficient (Wildman–Crippen LogP) is 1.84. The first-order chi connectivity index (χ1) is 14.0. The van der Waals surface area contributed by atoms with Crippen molar-refractivity contribution in [3.63, 3.8) is 0 Å². The van der Waals surface area contributed by atoms with E-state index >= 15 is 0 Å². The Balaban J connectivity index is 1.34. The van der Waals surface area contributed by atoms with Gasteiger partial charge in [0.05, 0.1) is 13.1 Å². The van der Waals surface area contributed by atoms with E-state index in [1.54, 1.807) is 12.1 Å². The lowest BCUT2D eigenvalue weighted by atomic mass is 10.2. The molecule has 0 radical (unpaired) electrons. The molecule has 1 aliphatic rings. The van der Waals surface area contributed by atoms with Crippen LogP contribution in [0.25, 0.3) is 0 Å². The summed E-state index contributed by atoms with van der Waals surface area (Å²) in [5, 5.41) is 5.58. The van der Waals surface area contributed by atoms with Gasteiger partial charge in [-0.1, -0.05) is 12.1 Å². The van der Waals surface area contributed by atoms with Gasteiger partial charge in [-0.3, -0.25) is 19.4 Å². The second-order valence-electron chi connectivity index (χ2n) is 7.01. The molecule has 2 aromatic rings. The molecule has 29 heavy (non-hydrogen) atoms. The number of rotatable bonds is 7. The standard InChI is InChI=1S/C21H24F2N4O2/c22-17-3-1-16(2-4-17)13-24-20(28)14-26-9-11-27(12-10-26)15-21(29)25-19-7-5-18(23)6-8-19/h1-8H,9-15H2,(H,24,28)(H,25,29). The number of halogens is 2. The molecule has 6 nitrogen and oxygen atoms in total. The van der Waals surface area contributed by atoms with E-state index in [2.05, 4.69) is 10.6 Å². The fraction of sp³-hybridized carbons (Fsp3) is 0.333. The van der Waals surface area contributed by atoms with Crippen molar-refractivity contribution in [2.75, 3.05) is 44.6 Å². The number of anilines is 1. The maximum atomic E-state index is 12.9. The van der Waals surface area contributed by atoms with Gasteiger partial charge in [-0.05, 0) is 42.0 Å². The van der Waals surface area contributed by atoms with Crippen LogP contribution in [0, 0.1) is 11.6 Å². The molecule has 3 rings (SSSR count). The molecule has 1 heterocycles. The fourth-order valence-electron chi connectivity index (χ4n) is 3.10. The number of benzene rings is 2. The molecule has 0 aliphatic carbocycles. The van der Waals surface area contributed by atoms with Crippen molar-refractivity contribution in [2.24, 2.45) is 0 Å². The van der Waals surface area contributed by atoms with Crippen molar-refractivity contribution >= 4 is 17.5 Å². The molecule has 8 heteroatoms. The van der Waals surface area contributed by atoms with E-state index < -0.39 is 0 Å². The molecule has 1 fully saturated rings.